The van der Waals surface area contributed by atoms with Crippen LogP contribution >= 0.6 is 0 Å². The minimum atomic E-state index is 0.147. The molecule has 0 aromatic heterocycles. The van der Waals surface area contributed by atoms with E-state index in [1.165, 1.54) is 11.1 Å². The van der Waals surface area contributed by atoms with Crippen molar-refractivity contribution in [2.24, 2.45) is 0 Å². The van der Waals surface area contributed by atoms with Gasteiger partial charge < -0.3 is 10.1 Å². The maximum atomic E-state index is 5.34. The van der Waals surface area contributed by atoms with Gasteiger partial charge in [-0.3, -0.25) is 0 Å². The Morgan fingerprint density at radius 2 is 1.88 bits per heavy atom. The first-order chi connectivity index (χ1) is 7.94. The normalized spacial score (nSPS) is 13.7. The summed E-state index contributed by atoms with van der Waals surface area (Å²) in [5, 5.41) is 3.55. The van der Waals surface area contributed by atoms with Gasteiger partial charge in [-0.1, -0.05) is 24.3 Å². The summed E-state index contributed by atoms with van der Waals surface area (Å²) in [6, 6.07) is 8.54. The molecule has 1 rings (SSSR count). The second-order valence-electron chi connectivity index (χ2n) is 5.64. The fraction of sp³-hybridized carbons (Fsp3) is 0.600. The van der Waals surface area contributed by atoms with Gasteiger partial charge in [0.1, 0.15) is 0 Å². The smallest absolute Gasteiger partial charge is 0.0543 e. The molecule has 2 heteroatoms. The molecular weight excluding hydrogens is 210 g/mol. The molecule has 0 aliphatic rings. The van der Waals surface area contributed by atoms with Gasteiger partial charge in [-0.2, -0.15) is 0 Å². The molecular formula is C15H25NO. The van der Waals surface area contributed by atoms with Crippen LogP contribution in [0.25, 0.3) is 0 Å². The van der Waals surface area contributed by atoms with Gasteiger partial charge in [0.25, 0.3) is 0 Å². The van der Waals surface area contributed by atoms with Crippen LogP contribution in [0, 0.1) is 6.92 Å². The monoisotopic (exact) mass is 235 g/mol. The van der Waals surface area contributed by atoms with E-state index >= 15 is 0 Å². The van der Waals surface area contributed by atoms with Crippen LogP contribution in [0.4, 0.5) is 0 Å². The van der Waals surface area contributed by atoms with Gasteiger partial charge in [0.05, 0.1) is 6.61 Å². The molecule has 2 nitrogen and oxygen atoms in total. The summed E-state index contributed by atoms with van der Waals surface area (Å²) in [6.07, 6.45) is 0. The average molecular weight is 235 g/mol. The summed E-state index contributed by atoms with van der Waals surface area (Å²) >= 11 is 0. The van der Waals surface area contributed by atoms with E-state index < -0.39 is 0 Å². The summed E-state index contributed by atoms with van der Waals surface area (Å²) in [5.74, 6) is 0.417. The van der Waals surface area contributed by atoms with E-state index in [0.717, 1.165) is 13.2 Å². The number of nitrogens with one attached hydrogen (secondary N) is 1. The van der Waals surface area contributed by atoms with Crippen molar-refractivity contribution in [2.45, 2.75) is 39.2 Å². The van der Waals surface area contributed by atoms with Gasteiger partial charge in [0.2, 0.25) is 0 Å². The van der Waals surface area contributed by atoms with Crippen LogP contribution < -0.4 is 5.32 Å². The molecule has 17 heavy (non-hydrogen) atoms. The van der Waals surface area contributed by atoms with Gasteiger partial charge >= 0.3 is 0 Å². The van der Waals surface area contributed by atoms with Crippen molar-refractivity contribution >= 4 is 0 Å². The Morgan fingerprint density at radius 1 is 1.24 bits per heavy atom. The van der Waals surface area contributed by atoms with Crippen molar-refractivity contribution in [3.63, 3.8) is 0 Å². The van der Waals surface area contributed by atoms with E-state index in [4.69, 9.17) is 4.74 Å². The fourth-order valence-corrected chi connectivity index (χ4v) is 1.93. The van der Waals surface area contributed by atoms with Crippen molar-refractivity contribution in [3.05, 3.63) is 35.4 Å². The number of aryl methyl sites for hydroxylation is 1. The first kappa shape index (κ1) is 14.2. The Balaban J connectivity index is 2.75. The molecule has 1 atom stereocenters. The maximum Gasteiger partial charge on any atom is 0.0543 e. The molecule has 0 spiro atoms. The summed E-state index contributed by atoms with van der Waals surface area (Å²) in [7, 11) is 1.77. The predicted octanol–water partition coefficient (Wildman–Crippen LogP) is 3.11. The molecule has 0 aliphatic carbocycles. The van der Waals surface area contributed by atoms with Crippen LogP contribution in [0.1, 0.15) is 37.8 Å². The van der Waals surface area contributed by atoms with Crippen molar-refractivity contribution < 1.29 is 4.74 Å². The third kappa shape index (κ3) is 4.88. The van der Waals surface area contributed by atoms with E-state index in [9.17, 15) is 0 Å². The van der Waals surface area contributed by atoms with Crippen molar-refractivity contribution in [1.82, 2.24) is 5.32 Å². The lowest BCUT2D eigenvalue weighted by Crippen LogP contribution is -2.39. The highest BCUT2D eigenvalue weighted by molar-refractivity contribution is 5.29. The molecule has 1 N–H and O–H groups in total. The van der Waals surface area contributed by atoms with E-state index in [-0.39, 0.29) is 5.54 Å². The first-order valence-electron chi connectivity index (χ1n) is 6.23. The zero-order valence-corrected chi connectivity index (χ0v) is 11.7. The highest BCUT2D eigenvalue weighted by atomic mass is 16.5. The van der Waals surface area contributed by atoms with Gasteiger partial charge in [0, 0.05) is 25.1 Å². The largest absolute Gasteiger partial charge is 0.384 e. The zero-order chi connectivity index (χ0) is 12.9. The Hall–Kier alpha value is -0.860. The highest BCUT2D eigenvalue weighted by Crippen LogP contribution is 2.20. The van der Waals surface area contributed by atoms with Crippen LogP contribution in [0.2, 0.25) is 0 Å². The van der Waals surface area contributed by atoms with Crippen LogP contribution in [-0.4, -0.2) is 25.8 Å². The minimum Gasteiger partial charge on any atom is -0.384 e. The van der Waals surface area contributed by atoms with Gasteiger partial charge in [-0.25, -0.2) is 0 Å². The molecule has 0 aliphatic heterocycles. The third-order valence-electron chi connectivity index (χ3n) is 2.87. The van der Waals surface area contributed by atoms with Crippen molar-refractivity contribution in [1.29, 1.82) is 0 Å². The minimum absolute atomic E-state index is 0.147. The molecule has 1 unspecified atom stereocenters. The lowest BCUT2D eigenvalue weighted by Gasteiger charge is -2.26. The van der Waals surface area contributed by atoms with Crippen LogP contribution in [0.3, 0.4) is 0 Å². The van der Waals surface area contributed by atoms with Crippen LogP contribution in [0.5, 0.6) is 0 Å². The quantitative estimate of drug-likeness (QED) is 0.846. The summed E-state index contributed by atoms with van der Waals surface area (Å²) in [6.45, 7) is 10.4. The number of hydrogen-bond donors (Lipinski definition) is 1. The number of rotatable bonds is 5. The van der Waals surface area contributed by atoms with Crippen molar-refractivity contribution in [3.8, 4) is 0 Å². The summed E-state index contributed by atoms with van der Waals surface area (Å²) < 4.78 is 5.34. The first-order valence-corrected chi connectivity index (χ1v) is 6.23. The summed E-state index contributed by atoms with van der Waals surface area (Å²) in [5.41, 5.74) is 2.87. The highest BCUT2D eigenvalue weighted by Gasteiger charge is 2.17. The standard InChI is InChI=1S/C15H25NO/c1-12-8-6-7-9-14(12)13(11-17-5)10-16-15(2,3)4/h6-9,13,16H,10-11H2,1-5H3. The lowest BCUT2D eigenvalue weighted by atomic mass is 9.94. The second kappa shape index (κ2) is 6.18. The molecule has 0 heterocycles. The molecule has 0 fully saturated rings. The second-order valence-corrected chi connectivity index (χ2v) is 5.64. The van der Waals surface area contributed by atoms with Gasteiger partial charge in [-0.15, -0.1) is 0 Å². The Kier molecular flexibility index (Phi) is 5.16. The topological polar surface area (TPSA) is 21.3 Å². The molecule has 96 valence electrons. The van der Waals surface area contributed by atoms with E-state index in [0.29, 0.717) is 5.92 Å². The Labute approximate surface area is 105 Å². The molecule has 0 bridgehead atoms. The molecule has 0 radical (unpaired) electrons. The Morgan fingerprint density at radius 3 is 2.41 bits per heavy atom. The number of benzene rings is 1. The number of ether oxygens (including phenoxy) is 1. The molecule has 0 saturated carbocycles. The summed E-state index contributed by atoms with van der Waals surface area (Å²) in [4.78, 5) is 0. The van der Waals surface area contributed by atoms with Gasteiger partial charge in [-0.05, 0) is 38.8 Å². The number of methoxy groups -OCH3 is 1. The van der Waals surface area contributed by atoms with E-state index in [1.807, 2.05) is 0 Å². The van der Waals surface area contributed by atoms with E-state index in [1.54, 1.807) is 7.11 Å². The molecule has 0 amide bonds. The van der Waals surface area contributed by atoms with Gasteiger partial charge in [0.15, 0.2) is 0 Å². The van der Waals surface area contributed by atoms with E-state index in [2.05, 4.69) is 57.3 Å². The Bertz CT molecular complexity index is 341. The SMILES string of the molecule is COCC(CNC(C)(C)C)c1ccccc1C. The van der Waals surface area contributed by atoms with Crippen LogP contribution in [-0.2, 0) is 4.74 Å². The third-order valence-corrected chi connectivity index (χ3v) is 2.87. The molecule has 0 saturated heterocycles. The number of hydrogen-bond acceptors (Lipinski definition) is 2. The zero-order valence-electron chi connectivity index (χ0n) is 11.7. The fourth-order valence-electron chi connectivity index (χ4n) is 1.93. The lowest BCUT2D eigenvalue weighted by molar-refractivity contribution is 0.174. The van der Waals surface area contributed by atoms with Crippen LogP contribution in [0.15, 0.2) is 24.3 Å². The molecule has 1 aromatic carbocycles. The van der Waals surface area contributed by atoms with Crippen molar-refractivity contribution in [2.75, 3.05) is 20.3 Å². The average Bonchev–Trinajstić information content (AvgIpc) is 2.24. The maximum absolute atomic E-state index is 5.34. The molecule has 1 aromatic rings. The predicted molar refractivity (Wildman–Crippen MR) is 73.6 cm³/mol.